The highest BCUT2D eigenvalue weighted by Gasteiger charge is 2.38. The van der Waals surface area contributed by atoms with Crippen molar-refractivity contribution in [2.24, 2.45) is 0 Å². The summed E-state index contributed by atoms with van der Waals surface area (Å²) in [6.45, 7) is 9.46. The zero-order valence-corrected chi connectivity index (χ0v) is 18.9. The molecule has 160 valence electrons. The standard InChI is InChI=1S/C21H26BFN2O4S/c1-14-7-9-16(10-8-14)30(26,27)25-13-18(17-11-15(23)12-24-19(17)25)22-29-21(4,5)20(2,3)28-6/h7-13,22H,1-6H3. The van der Waals surface area contributed by atoms with E-state index in [0.29, 0.717) is 10.8 Å². The molecule has 0 fully saturated rings. The van der Waals surface area contributed by atoms with Crippen LogP contribution in [-0.2, 0) is 19.4 Å². The summed E-state index contributed by atoms with van der Waals surface area (Å²) < 4.78 is 53.1. The van der Waals surface area contributed by atoms with Gasteiger partial charge in [-0.1, -0.05) is 17.7 Å². The summed E-state index contributed by atoms with van der Waals surface area (Å²) in [5.74, 6) is -0.550. The Hall–Kier alpha value is -2.23. The number of aromatic nitrogens is 2. The first kappa shape index (κ1) is 22.5. The van der Waals surface area contributed by atoms with Gasteiger partial charge in [0.2, 0.25) is 0 Å². The molecule has 3 aromatic rings. The highest BCUT2D eigenvalue weighted by atomic mass is 32.2. The highest BCUT2D eigenvalue weighted by molar-refractivity contribution is 7.90. The van der Waals surface area contributed by atoms with E-state index in [0.717, 1.165) is 15.7 Å². The maximum atomic E-state index is 13.9. The molecule has 30 heavy (non-hydrogen) atoms. The fourth-order valence-electron chi connectivity index (χ4n) is 2.92. The van der Waals surface area contributed by atoms with Crippen LogP contribution in [0.2, 0.25) is 0 Å². The smallest absolute Gasteiger partial charge is 0.311 e. The number of rotatable bonds is 7. The molecule has 0 atom stereocenters. The second-order valence-electron chi connectivity index (χ2n) is 8.31. The number of halogens is 1. The Morgan fingerprint density at radius 2 is 1.73 bits per heavy atom. The van der Waals surface area contributed by atoms with Crippen LogP contribution in [0.15, 0.2) is 47.6 Å². The summed E-state index contributed by atoms with van der Waals surface area (Å²) in [5, 5.41) is 0.386. The van der Waals surface area contributed by atoms with Crippen LogP contribution >= 0.6 is 0 Å². The predicted molar refractivity (Wildman–Crippen MR) is 116 cm³/mol. The van der Waals surface area contributed by atoms with Crippen molar-refractivity contribution in [2.45, 2.75) is 50.7 Å². The van der Waals surface area contributed by atoms with Crippen LogP contribution in [0.3, 0.4) is 0 Å². The minimum absolute atomic E-state index is 0.0673. The molecule has 0 aliphatic heterocycles. The summed E-state index contributed by atoms with van der Waals surface area (Å²) in [6, 6.07) is 7.81. The predicted octanol–water partition coefficient (Wildman–Crippen LogP) is 2.92. The Labute approximate surface area is 177 Å². The molecular formula is C21H26BFN2O4S. The maximum absolute atomic E-state index is 13.9. The van der Waals surface area contributed by atoms with Gasteiger partial charge in [0.05, 0.1) is 22.3 Å². The van der Waals surface area contributed by atoms with Gasteiger partial charge in [-0.25, -0.2) is 21.8 Å². The van der Waals surface area contributed by atoms with E-state index < -0.39 is 27.0 Å². The van der Waals surface area contributed by atoms with Crippen LogP contribution in [0.1, 0.15) is 33.3 Å². The van der Waals surface area contributed by atoms with E-state index in [1.165, 1.54) is 12.3 Å². The molecule has 0 amide bonds. The van der Waals surface area contributed by atoms with Gasteiger partial charge in [-0.2, -0.15) is 0 Å². The lowest BCUT2D eigenvalue weighted by atomic mass is 9.82. The molecule has 2 heterocycles. The van der Waals surface area contributed by atoms with Crippen LogP contribution in [-0.4, -0.2) is 43.2 Å². The fourth-order valence-corrected chi connectivity index (χ4v) is 4.26. The van der Waals surface area contributed by atoms with Gasteiger partial charge in [-0.3, -0.25) is 0 Å². The van der Waals surface area contributed by atoms with Gasteiger partial charge in [-0.15, -0.1) is 0 Å². The molecule has 0 aliphatic rings. The molecule has 0 aliphatic carbocycles. The molecule has 0 spiro atoms. The number of nitrogens with zero attached hydrogens (tertiary/aromatic N) is 2. The summed E-state index contributed by atoms with van der Waals surface area (Å²) in [7, 11) is -2.24. The van der Waals surface area contributed by atoms with Crippen molar-refractivity contribution in [3.05, 3.63) is 54.1 Å². The average molecular weight is 432 g/mol. The quantitative estimate of drug-likeness (QED) is 0.537. The van der Waals surface area contributed by atoms with E-state index in [1.54, 1.807) is 31.4 Å². The topological polar surface area (TPSA) is 70.4 Å². The first-order valence-electron chi connectivity index (χ1n) is 9.56. The SMILES string of the molecule is COC(C)(C)C(C)(C)OBc1cn(S(=O)(=O)c2ccc(C)cc2)c2ncc(F)cc12. The largest absolute Gasteiger partial charge is 0.427 e. The van der Waals surface area contributed by atoms with Gasteiger partial charge in [0.1, 0.15) is 5.82 Å². The lowest BCUT2D eigenvalue weighted by Gasteiger charge is -2.40. The van der Waals surface area contributed by atoms with E-state index in [-0.39, 0.29) is 18.0 Å². The second kappa shape index (κ2) is 7.79. The molecular weight excluding hydrogens is 406 g/mol. The maximum Gasteiger partial charge on any atom is 0.311 e. The molecule has 0 saturated carbocycles. The van der Waals surface area contributed by atoms with Gasteiger partial charge < -0.3 is 9.39 Å². The Morgan fingerprint density at radius 1 is 1.10 bits per heavy atom. The third-order valence-corrected chi connectivity index (χ3v) is 7.45. The number of hydrogen-bond acceptors (Lipinski definition) is 5. The van der Waals surface area contributed by atoms with Gasteiger partial charge in [0.15, 0.2) is 5.65 Å². The van der Waals surface area contributed by atoms with Gasteiger partial charge in [0.25, 0.3) is 10.0 Å². The number of ether oxygens (including phenoxy) is 1. The monoisotopic (exact) mass is 432 g/mol. The van der Waals surface area contributed by atoms with Crippen molar-refractivity contribution >= 4 is 34.0 Å². The molecule has 9 heteroatoms. The van der Waals surface area contributed by atoms with Crippen molar-refractivity contribution in [2.75, 3.05) is 7.11 Å². The Morgan fingerprint density at radius 3 is 2.33 bits per heavy atom. The third kappa shape index (κ3) is 4.01. The number of methoxy groups -OCH3 is 1. The number of hydrogen-bond donors (Lipinski definition) is 0. The lowest BCUT2D eigenvalue weighted by Crippen LogP contribution is -2.50. The van der Waals surface area contributed by atoms with Crippen LogP contribution < -0.4 is 5.46 Å². The molecule has 0 unspecified atom stereocenters. The van der Waals surface area contributed by atoms with Crippen molar-refractivity contribution in [1.82, 2.24) is 8.96 Å². The number of fused-ring (bicyclic) bond motifs is 1. The third-order valence-electron chi connectivity index (χ3n) is 5.79. The Kier molecular flexibility index (Phi) is 5.83. The minimum atomic E-state index is -3.91. The number of pyridine rings is 1. The zero-order chi connectivity index (χ0) is 22.3. The van der Waals surface area contributed by atoms with Crippen LogP contribution in [0.25, 0.3) is 11.0 Å². The molecule has 6 nitrogen and oxygen atoms in total. The summed E-state index contributed by atoms with van der Waals surface area (Å²) in [5.41, 5.74) is 0.339. The van der Waals surface area contributed by atoms with Crippen molar-refractivity contribution in [1.29, 1.82) is 0 Å². The summed E-state index contributed by atoms with van der Waals surface area (Å²) in [6.07, 6.45) is 2.45. The van der Waals surface area contributed by atoms with Crippen LogP contribution in [0.5, 0.6) is 0 Å². The molecule has 0 bridgehead atoms. The van der Waals surface area contributed by atoms with Crippen molar-refractivity contribution in [3.8, 4) is 0 Å². The minimum Gasteiger partial charge on any atom is -0.427 e. The second-order valence-corrected chi connectivity index (χ2v) is 10.1. The molecule has 0 saturated heterocycles. The van der Waals surface area contributed by atoms with E-state index in [9.17, 15) is 12.8 Å². The van der Waals surface area contributed by atoms with Gasteiger partial charge >= 0.3 is 7.48 Å². The number of benzene rings is 1. The van der Waals surface area contributed by atoms with Crippen molar-refractivity contribution < 1.29 is 22.2 Å². The highest BCUT2D eigenvalue weighted by Crippen LogP contribution is 2.28. The summed E-state index contributed by atoms with van der Waals surface area (Å²) >= 11 is 0. The van der Waals surface area contributed by atoms with Gasteiger partial charge in [0, 0.05) is 18.7 Å². The van der Waals surface area contributed by atoms with Crippen LogP contribution in [0, 0.1) is 12.7 Å². The Bertz CT molecular complexity index is 1170. The summed E-state index contributed by atoms with van der Waals surface area (Å²) in [4.78, 5) is 4.18. The molecule has 1 aromatic carbocycles. The van der Waals surface area contributed by atoms with E-state index >= 15 is 0 Å². The first-order valence-corrected chi connectivity index (χ1v) is 11.0. The van der Waals surface area contributed by atoms with E-state index in [1.807, 2.05) is 34.6 Å². The van der Waals surface area contributed by atoms with E-state index in [2.05, 4.69) is 4.98 Å². The normalized spacial score (nSPS) is 13.0. The Balaban J connectivity index is 2.07. The molecule has 3 rings (SSSR count). The lowest BCUT2D eigenvalue weighted by molar-refractivity contribution is -0.114. The fraction of sp³-hybridized carbons (Fsp3) is 0.381. The number of aryl methyl sites for hydroxylation is 1. The van der Waals surface area contributed by atoms with Gasteiger partial charge in [-0.05, 0) is 58.3 Å². The average Bonchev–Trinajstić information content (AvgIpc) is 3.05. The molecule has 2 aromatic heterocycles. The van der Waals surface area contributed by atoms with Crippen molar-refractivity contribution in [3.63, 3.8) is 0 Å². The molecule has 0 N–H and O–H groups in total. The van der Waals surface area contributed by atoms with Crippen LogP contribution in [0.4, 0.5) is 4.39 Å². The zero-order valence-electron chi connectivity index (χ0n) is 18.1. The first-order chi connectivity index (χ1) is 13.9. The molecule has 0 radical (unpaired) electrons. The van der Waals surface area contributed by atoms with E-state index in [4.69, 9.17) is 9.39 Å².